The van der Waals surface area contributed by atoms with Crippen molar-refractivity contribution in [3.63, 3.8) is 0 Å². The number of H-pyrrole nitrogens is 1. The normalized spacial score (nSPS) is 24.2. The molecule has 4 unspecified atom stereocenters. The molecule has 1 amide bonds. The number of carbonyl (C=O) groups excluding carboxylic acids is 1. The number of rotatable bonds is 8. The van der Waals surface area contributed by atoms with Crippen LogP contribution in [0.4, 0.5) is 5.69 Å². The molecule has 0 radical (unpaired) electrons. The minimum atomic E-state index is -0.179. The molecule has 0 saturated carbocycles. The summed E-state index contributed by atoms with van der Waals surface area (Å²) in [5.74, 6) is 0.130. The summed E-state index contributed by atoms with van der Waals surface area (Å²) in [5.41, 5.74) is 9.99. The maximum Gasteiger partial charge on any atom is 0.228 e. The SMILES string of the molecule is CCCCC(c1cccc2c1CC(Cc1cnc(C(=N)N)[nH]1)C(=O)N2)N1C(C)CCCC1C. The molecule has 2 aliphatic heterocycles. The molecule has 0 aliphatic carbocycles. The van der Waals surface area contributed by atoms with E-state index in [2.05, 4.69) is 53.1 Å². The zero-order valence-electron chi connectivity index (χ0n) is 20.2. The average molecular weight is 451 g/mol. The summed E-state index contributed by atoms with van der Waals surface area (Å²) >= 11 is 0. The molecule has 4 rings (SSSR count). The summed E-state index contributed by atoms with van der Waals surface area (Å²) in [7, 11) is 0. The van der Waals surface area contributed by atoms with Crippen LogP contribution < -0.4 is 11.1 Å². The molecule has 3 heterocycles. The second kappa shape index (κ2) is 10.1. The molecule has 7 nitrogen and oxygen atoms in total. The lowest BCUT2D eigenvalue weighted by Gasteiger charge is -2.45. The van der Waals surface area contributed by atoms with Crippen LogP contribution in [0.3, 0.4) is 0 Å². The van der Waals surface area contributed by atoms with E-state index in [1.54, 1.807) is 6.20 Å². The number of amidine groups is 1. The van der Waals surface area contributed by atoms with E-state index < -0.39 is 0 Å². The first kappa shape index (κ1) is 23.5. The lowest BCUT2D eigenvalue weighted by molar-refractivity contribution is -0.120. The van der Waals surface area contributed by atoms with Gasteiger partial charge in [0.15, 0.2) is 11.7 Å². The van der Waals surface area contributed by atoms with Gasteiger partial charge in [-0.1, -0.05) is 38.3 Å². The summed E-state index contributed by atoms with van der Waals surface area (Å²) < 4.78 is 0. The molecule has 33 heavy (non-hydrogen) atoms. The third-order valence-corrected chi connectivity index (χ3v) is 7.45. The van der Waals surface area contributed by atoms with Gasteiger partial charge in [-0.25, -0.2) is 4.98 Å². The zero-order valence-corrected chi connectivity index (χ0v) is 20.2. The van der Waals surface area contributed by atoms with Crippen LogP contribution in [0.25, 0.3) is 0 Å². The number of benzene rings is 1. The first-order valence-corrected chi connectivity index (χ1v) is 12.5. The minimum absolute atomic E-state index is 0.0449. The Balaban J connectivity index is 1.64. The first-order valence-electron chi connectivity index (χ1n) is 12.5. The zero-order chi connectivity index (χ0) is 23.5. The molecule has 7 heteroatoms. The van der Waals surface area contributed by atoms with Crippen LogP contribution in [-0.4, -0.2) is 38.7 Å². The van der Waals surface area contributed by atoms with E-state index in [9.17, 15) is 4.79 Å². The molecule has 178 valence electrons. The lowest BCUT2D eigenvalue weighted by atomic mass is 9.82. The number of piperidine rings is 1. The van der Waals surface area contributed by atoms with Gasteiger partial charge in [0, 0.05) is 48.0 Å². The number of hydrogen-bond acceptors (Lipinski definition) is 4. The summed E-state index contributed by atoms with van der Waals surface area (Å²) in [5, 5.41) is 10.7. The average Bonchev–Trinajstić information content (AvgIpc) is 3.25. The van der Waals surface area contributed by atoms with E-state index in [0.29, 0.717) is 36.8 Å². The molecule has 1 fully saturated rings. The highest BCUT2D eigenvalue weighted by Gasteiger charge is 2.35. The van der Waals surface area contributed by atoms with Crippen LogP contribution in [0.15, 0.2) is 24.4 Å². The molecule has 1 saturated heterocycles. The number of amides is 1. The number of nitrogens with one attached hydrogen (secondary N) is 3. The highest BCUT2D eigenvalue weighted by Crippen LogP contribution is 2.40. The van der Waals surface area contributed by atoms with Gasteiger partial charge in [-0.05, 0) is 56.7 Å². The largest absolute Gasteiger partial charge is 0.381 e. The van der Waals surface area contributed by atoms with Crippen LogP contribution >= 0.6 is 0 Å². The number of nitrogens with zero attached hydrogens (tertiary/aromatic N) is 2. The number of fused-ring (bicyclic) bond motifs is 1. The van der Waals surface area contributed by atoms with E-state index in [-0.39, 0.29) is 17.7 Å². The number of aromatic nitrogens is 2. The van der Waals surface area contributed by atoms with Crippen molar-refractivity contribution < 1.29 is 4.79 Å². The van der Waals surface area contributed by atoms with Crippen molar-refractivity contribution in [2.75, 3.05) is 5.32 Å². The van der Waals surface area contributed by atoms with E-state index in [4.69, 9.17) is 11.1 Å². The molecule has 0 spiro atoms. The van der Waals surface area contributed by atoms with Crippen LogP contribution in [0.5, 0.6) is 0 Å². The number of anilines is 1. The first-order chi connectivity index (χ1) is 15.9. The Morgan fingerprint density at radius 1 is 1.30 bits per heavy atom. The number of carbonyl (C=O) groups is 1. The smallest absolute Gasteiger partial charge is 0.228 e. The number of unbranched alkanes of at least 4 members (excludes halogenated alkanes) is 1. The maximum atomic E-state index is 12.9. The van der Waals surface area contributed by atoms with Crippen molar-refractivity contribution >= 4 is 17.4 Å². The van der Waals surface area contributed by atoms with Gasteiger partial charge in [-0.3, -0.25) is 15.1 Å². The molecule has 5 N–H and O–H groups in total. The number of nitrogen functional groups attached to an aromatic ring is 1. The lowest BCUT2D eigenvalue weighted by Crippen LogP contribution is -2.46. The Labute approximate surface area is 197 Å². The van der Waals surface area contributed by atoms with E-state index in [1.807, 2.05) is 6.07 Å². The number of likely N-dealkylation sites (tertiary alicyclic amines) is 1. The molecule has 0 bridgehead atoms. The number of nitrogens with two attached hydrogens (primary N) is 1. The van der Waals surface area contributed by atoms with Gasteiger partial charge in [0.1, 0.15) is 0 Å². The molecule has 4 atom stereocenters. The van der Waals surface area contributed by atoms with Gasteiger partial charge < -0.3 is 16.0 Å². The quantitative estimate of drug-likeness (QED) is 0.349. The fraction of sp³-hybridized carbons (Fsp3) is 0.577. The van der Waals surface area contributed by atoms with E-state index in [1.165, 1.54) is 43.2 Å². The van der Waals surface area contributed by atoms with E-state index in [0.717, 1.165) is 17.8 Å². The Bertz CT molecular complexity index is 988. The van der Waals surface area contributed by atoms with Crippen LogP contribution in [0.1, 0.15) is 88.0 Å². The summed E-state index contributed by atoms with van der Waals surface area (Å²) in [4.78, 5) is 22.9. The molecular weight excluding hydrogens is 412 g/mol. The second-order valence-electron chi connectivity index (χ2n) is 9.87. The molecular formula is C26H38N6O. The van der Waals surface area contributed by atoms with Gasteiger partial charge in [-0.2, -0.15) is 0 Å². The van der Waals surface area contributed by atoms with Crippen molar-refractivity contribution in [3.8, 4) is 0 Å². The highest BCUT2D eigenvalue weighted by molar-refractivity contribution is 5.96. The van der Waals surface area contributed by atoms with Crippen molar-refractivity contribution in [2.24, 2.45) is 11.7 Å². The predicted octanol–water partition coefficient (Wildman–Crippen LogP) is 4.54. The van der Waals surface area contributed by atoms with Gasteiger partial charge in [-0.15, -0.1) is 0 Å². The monoisotopic (exact) mass is 450 g/mol. The summed E-state index contributed by atoms with van der Waals surface area (Å²) in [6.07, 6.45) is 10.3. The summed E-state index contributed by atoms with van der Waals surface area (Å²) in [6, 6.07) is 7.92. The number of hydrogen-bond donors (Lipinski definition) is 4. The van der Waals surface area contributed by atoms with Gasteiger partial charge >= 0.3 is 0 Å². The molecule has 2 aliphatic rings. The second-order valence-corrected chi connectivity index (χ2v) is 9.87. The van der Waals surface area contributed by atoms with Gasteiger partial charge in [0.25, 0.3) is 0 Å². The molecule has 1 aromatic heterocycles. The van der Waals surface area contributed by atoms with Gasteiger partial charge in [0.05, 0.1) is 0 Å². The third-order valence-electron chi connectivity index (χ3n) is 7.45. The Kier molecular flexibility index (Phi) is 7.17. The molecule has 1 aromatic carbocycles. The fourth-order valence-electron chi connectivity index (χ4n) is 5.78. The van der Waals surface area contributed by atoms with Crippen LogP contribution in [-0.2, 0) is 17.6 Å². The summed E-state index contributed by atoms with van der Waals surface area (Å²) in [6.45, 7) is 7.01. The predicted molar refractivity (Wildman–Crippen MR) is 132 cm³/mol. The topological polar surface area (TPSA) is 111 Å². The van der Waals surface area contributed by atoms with Crippen LogP contribution in [0, 0.1) is 11.3 Å². The highest BCUT2D eigenvalue weighted by atomic mass is 16.1. The molecule has 2 aromatic rings. The third kappa shape index (κ3) is 4.98. The fourth-order valence-corrected chi connectivity index (χ4v) is 5.78. The van der Waals surface area contributed by atoms with Crippen LogP contribution in [0.2, 0.25) is 0 Å². The van der Waals surface area contributed by atoms with Crippen molar-refractivity contribution in [3.05, 3.63) is 47.0 Å². The maximum absolute atomic E-state index is 12.9. The Morgan fingerprint density at radius 2 is 2.06 bits per heavy atom. The Hall–Kier alpha value is -2.67. The Morgan fingerprint density at radius 3 is 2.73 bits per heavy atom. The van der Waals surface area contributed by atoms with Crippen molar-refractivity contribution in [1.29, 1.82) is 5.41 Å². The standard InChI is InChI=1S/C26H38N6O/c1-4-5-12-23(32-16(2)8-6-9-17(32)3)20-10-7-11-22-21(20)14-18(26(33)31-22)13-19-15-29-25(30-19)24(27)28/h7,10-11,15-18,23H,4-6,8-9,12-14H2,1-3H3,(H3,27,28)(H,29,30)(H,31,33). The number of aromatic amines is 1. The van der Waals surface area contributed by atoms with E-state index >= 15 is 0 Å². The minimum Gasteiger partial charge on any atom is -0.381 e. The van der Waals surface area contributed by atoms with Gasteiger partial charge in [0.2, 0.25) is 5.91 Å². The number of imidazole rings is 1. The van der Waals surface area contributed by atoms with Crippen molar-refractivity contribution in [1.82, 2.24) is 14.9 Å². The van der Waals surface area contributed by atoms with Crippen molar-refractivity contribution in [2.45, 2.75) is 90.3 Å².